The molecule has 174 valence electrons. The van der Waals surface area contributed by atoms with E-state index in [1.165, 1.54) is 24.6 Å². The molecule has 0 aliphatic heterocycles. The number of aryl methyl sites for hydroxylation is 1. The number of unbranched alkanes of at least 4 members (excludes halogenated alkanes) is 3. The third-order valence-corrected chi connectivity index (χ3v) is 5.78. The van der Waals surface area contributed by atoms with Crippen LogP contribution in [0.2, 0.25) is 0 Å². The number of ether oxygens (including phenoxy) is 1. The van der Waals surface area contributed by atoms with Gasteiger partial charge in [0.15, 0.2) is 5.82 Å². The molecule has 0 radical (unpaired) electrons. The van der Waals surface area contributed by atoms with E-state index in [1.54, 1.807) is 43.3 Å². The Kier molecular flexibility index (Phi) is 9.31. The number of nitrogens with one attached hydrogen (secondary N) is 2. The number of rotatable bonds is 11. The van der Waals surface area contributed by atoms with E-state index in [9.17, 15) is 9.59 Å². The van der Waals surface area contributed by atoms with Crippen LogP contribution in [0.3, 0.4) is 0 Å². The first-order valence-electron chi connectivity index (χ1n) is 10.9. The van der Waals surface area contributed by atoms with Crippen molar-refractivity contribution in [1.29, 1.82) is 0 Å². The van der Waals surface area contributed by atoms with E-state index >= 15 is 0 Å². The molecule has 8 nitrogen and oxygen atoms in total. The molecule has 0 spiro atoms. The van der Waals surface area contributed by atoms with E-state index in [0.29, 0.717) is 35.2 Å². The molecule has 0 aliphatic rings. The number of hydrazine groups is 1. The second-order valence-electron chi connectivity index (χ2n) is 7.36. The van der Waals surface area contributed by atoms with Gasteiger partial charge in [-0.1, -0.05) is 43.5 Å². The summed E-state index contributed by atoms with van der Waals surface area (Å²) in [5.41, 5.74) is 5.79. The van der Waals surface area contributed by atoms with Gasteiger partial charge in [-0.2, -0.15) is 4.98 Å². The van der Waals surface area contributed by atoms with Gasteiger partial charge >= 0.3 is 0 Å². The van der Waals surface area contributed by atoms with Crippen LogP contribution in [-0.2, 0) is 5.75 Å². The molecule has 0 atom stereocenters. The molecule has 0 aliphatic carbocycles. The molecular weight excluding hydrogens is 440 g/mol. The third-order valence-electron chi connectivity index (χ3n) is 4.73. The van der Waals surface area contributed by atoms with Crippen LogP contribution in [0, 0.1) is 6.92 Å². The highest BCUT2D eigenvalue weighted by molar-refractivity contribution is 7.98. The van der Waals surface area contributed by atoms with E-state index in [2.05, 4.69) is 27.9 Å². The van der Waals surface area contributed by atoms with Gasteiger partial charge < -0.3 is 9.26 Å². The zero-order valence-corrected chi connectivity index (χ0v) is 19.6. The predicted octanol–water partition coefficient (Wildman–Crippen LogP) is 4.70. The topological polar surface area (TPSA) is 106 Å². The number of hydrogen-bond donors (Lipinski definition) is 2. The Labute approximate surface area is 197 Å². The fourth-order valence-electron chi connectivity index (χ4n) is 2.99. The van der Waals surface area contributed by atoms with Crippen LogP contribution in [0.15, 0.2) is 57.9 Å². The standard InChI is InChI=1S/C24H28N4O4S/c1-3-4-5-8-15-31-19-13-11-18(12-14-19)23(29)26-27-24(30)20-9-6-7-10-21(20)33-16-22-25-17(2)28-32-22/h6-7,9-14H,3-5,8,15-16H2,1-2H3,(H,26,29)(H,27,30). The first-order chi connectivity index (χ1) is 16.1. The maximum absolute atomic E-state index is 12.7. The maximum Gasteiger partial charge on any atom is 0.270 e. The molecule has 3 aromatic rings. The smallest absolute Gasteiger partial charge is 0.270 e. The molecule has 1 aromatic heterocycles. The number of carbonyl (C=O) groups is 2. The van der Waals surface area contributed by atoms with Gasteiger partial charge in [0.1, 0.15) is 5.75 Å². The van der Waals surface area contributed by atoms with Gasteiger partial charge in [-0.25, -0.2) is 0 Å². The Hall–Kier alpha value is -3.33. The third kappa shape index (κ3) is 7.64. The molecule has 2 amide bonds. The summed E-state index contributed by atoms with van der Waals surface area (Å²) in [6.45, 7) is 4.58. The molecule has 1 heterocycles. The van der Waals surface area contributed by atoms with E-state index in [0.717, 1.165) is 23.5 Å². The van der Waals surface area contributed by atoms with Crippen molar-refractivity contribution in [3.05, 3.63) is 71.4 Å². The monoisotopic (exact) mass is 468 g/mol. The minimum atomic E-state index is -0.416. The summed E-state index contributed by atoms with van der Waals surface area (Å²) in [7, 11) is 0. The van der Waals surface area contributed by atoms with Gasteiger partial charge in [-0.3, -0.25) is 20.4 Å². The van der Waals surface area contributed by atoms with Crippen molar-refractivity contribution in [3.63, 3.8) is 0 Å². The van der Waals surface area contributed by atoms with Crippen molar-refractivity contribution in [2.24, 2.45) is 0 Å². The van der Waals surface area contributed by atoms with Crippen molar-refractivity contribution in [2.75, 3.05) is 6.61 Å². The van der Waals surface area contributed by atoms with Crippen LogP contribution >= 0.6 is 11.8 Å². The summed E-state index contributed by atoms with van der Waals surface area (Å²) in [4.78, 5) is 30.0. The van der Waals surface area contributed by atoms with Crippen molar-refractivity contribution >= 4 is 23.6 Å². The predicted molar refractivity (Wildman–Crippen MR) is 126 cm³/mol. The van der Waals surface area contributed by atoms with Gasteiger partial charge in [0, 0.05) is 10.5 Å². The van der Waals surface area contributed by atoms with Gasteiger partial charge in [0.2, 0.25) is 5.89 Å². The largest absolute Gasteiger partial charge is 0.494 e. The highest BCUT2D eigenvalue weighted by atomic mass is 32.2. The fourth-order valence-corrected chi connectivity index (χ4v) is 3.88. The SMILES string of the molecule is CCCCCCOc1ccc(C(=O)NNC(=O)c2ccccc2SCc2nc(C)no2)cc1. The molecule has 0 bridgehead atoms. The van der Waals surface area contributed by atoms with Crippen molar-refractivity contribution in [2.45, 2.75) is 50.2 Å². The highest BCUT2D eigenvalue weighted by Gasteiger charge is 2.14. The second kappa shape index (κ2) is 12.6. The van der Waals surface area contributed by atoms with Crippen LogP contribution in [-0.4, -0.2) is 28.6 Å². The van der Waals surface area contributed by atoms with Gasteiger partial charge in [0.05, 0.1) is 17.9 Å². The summed E-state index contributed by atoms with van der Waals surface area (Å²) in [5.74, 6) is 1.36. The number of benzene rings is 2. The summed E-state index contributed by atoms with van der Waals surface area (Å²) in [5, 5.41) is 3.76. The summed E-state index contributed by atoms with van der Waals surface area (Å²) >= 11 is 1.40. The summed E-state index contributed by atoms with van der Waals surface area (Å²) in [6.07, 6.45) is 4.55. The highest BCUT2D eigenvalue weighted by Crippen LogP contribution is 2.25. The van der Waals surface area contributed by atoms with Crippen molar-refractivity contribution in [1.82, 2.24) is 21.0 Å². The molecule has 2 N–H and O–H groups in total. The van der Waals surface area contributed by atoms with Crippen LogP contribution in [0.25, 0.3) is 0 Å². The Morgan fingerprint density at radius 3 is 2.48 bits per heavy atom. The Morgan fingerprint density at radius 1 is 1.00 bits per heavy atom. The number of aromatic nitrogens is 2. The van der Waals surface area contributed by atoms with Crippen molar-refractivity contribution in [3.8, 4) is 5.75 Å². The molecule has 33 heavy (non-hydrogen) atoms. The van der Waals surface area contributed by atoms with Crippen LogP contribution in [0.4, 0.5) is 0 Å². The van der Waals surface area contributed by atoms with Gasteiger partial charge in [-0.05, 0) is 49.7 Å². The minimum absolute atomic E-state index is 0.413. The molecule has 0 unspecified atom stereocenters. The van der Waals surface area contributed by atoms with Crippen molar-refractivity contribution < 1.29 is 18.8 Å². The number of nitrogens with zero attached hydrogens (tertiary/aromatic N) is 2. The Bertz CT molecular complexity index is 1050. The fraction of sp³-hybridized carbons (Fsp3) is 0.333. The summed E-state index contributed by atoms with van der Waals surface area (Å²) < 4.78 is 10.8. The maximum atomic E-state index is 12.7. The first-order valence-corrected chi connectivity index (χ1v) is 11.9. The first kappa shape index (κ1) is 24.3. The molecular formula is C24H28N4O4S. The lowest BCUT2D eigenvalue weighted by Crippen LogP contribution is -2.41. The zero-order chi connectivity index (χ0) is 23.5. The lowest BCUT2D eigenvalue weighted by atomic mass is 10.2. The quantitative estimate of drug-likeness (QED) is 0.239. The lowest BCUT2D eigenvalue weighted by Gasteiger charge is -2.11. The number of amides is 2. The zero-order valence-electron chi connectivity index (χ0n) is 18.8. The molecule has 0 saturated heterocycles. The van der Waals surface area contributed by atoms with Crippen LogP contribution < -0.4 is 15.6 Å². The molecule has 0 saturated carbocycles. The second-order valence-corrected chi connectivity index (χ2v) is 8.38. The number of carbonyl (C=O) groups excluding carboxylic acids is 2. The normalized spacial score (nSPS) is 10.6. The molecule has 0 fully saturated rings. The van der Waals surface area contributed by atoms with E-state index in [4.69, 9.17) is 9.26 Å². The lowest BCUT2D eigenvalue weighted by molar-refractivity contribution is 0.0845. The molecule has 9 heteroatoms. The van der Waals surface area contributed by atoms with Crippen LogP contribution in [0.1, 0.15) is 65.0 Å². The molecule has 2 aromatic carbocycles. The average Bonchev–Trinajstić information content (AvgIpc) is 3.26. The minimum Gasteiger partial charge on any atom is -0.494 e. The van der Waals surface area contributed by atoms with Gasteiger partial charge in [0.25, 0.3) is 11.8 Å². The van der Waals surface area contributed by atoms with Gasteiger partial charge in [-0.15, -0.1) is 11.8 Å². The number of hydrogen-bond acceptors (Lipinski definition) is 7. The Balaban J connectivity index is 1.49. The van der Waals surface area contributed by atoms with E-state index < -0.39 is 11.8 Å². The number of thioether (sulfide) groups is 1. The van der Waals surface area contributed by atoms with E-state index in [1.807, 2.05) is 12.1 Å². The Morgan fingerprint density at radius 2 is 1.76 bits per heavy atom. The summed E-state index contributed by atoms with van der Waals surface area (Å²) in [6, 6.07) is 13.9. The average molecular weight is 469 g/mol. The van der Waals surface area contributed by atoms with Crippen LogP contribution in [0.5, 0.6) is 5.75 Å². The molecule has 3 rings (SSSR count). The van der Waals surface area contributed by atoms with E-state index in [-0.39, 0.29) is 0 Å².